The molecule has 0 N–H and O–H groups in total. The lowest BCUT2D eigenvalue weighted by Crippen LogP contribution is -2.39. The Balaban J connectivity index is 1.50. The maximum Gasteiger partial charge on any atom is 0.229 e. The van der Waals surface area contributed by atoms with E-state index in [1.807, 2.05) is 36.9 Å². The Morgan fingerprint density at radius 2 is 2.12 bits per heavy atom. The van der Waals surface area contributed by atoms with E-state index in [0.29, 0.717) is 18.9 Å². The summed E-state index contributed by atoms with van der Waals surface area (Å²) in [6.45, 7) is 5.64. The topological polar surface area (TPSA) is 59.2 Å². The first kappa shape index (κ1) is 17.6. The Labute approximate surface area is 149 Å². The molecule has 1 fully saturated rings. The lowest BCUT2D eigenvalue weighted by Gasteiger charge is -2.31. The zero-order chi connectivity index (χ0) is 17.6. The number of carbonyl (C=O) groups is 1. The molecule has 1 amide bonds. The van der Waals surface area contributed by atoms with Crippen LogP contribution in [0.1, 0.15) is 68.6 Å². The summed E-state index contributed by atoms with van der Waals surface area (Å²) in [5.41, 5.74) is 1.29. The van der Waals surface area contributed by atoms with Gasteiger partial charge in [0.05, 0.1) is 0 Å². The highest BCUT2D eigenvalue weighted by molar-refractivity contribution is 5.76. The van der Waals surface area contributed by atoms with Crippen molar-refractivity contribution < 1.29 is 9.32 Å². The molecule has 0 aliphatic carbocycles. The number of likely N-dealkylation sites (tertiary alicyclic amines) is 1. The van der Waals surface area contributed by atoms with Crippen LogP contribution in [0.2, 0.25) is 0 Å². The summed E-state index contributed by atoms with van der Waals surface area (Å²) in [5.74, 6) is 2.11. The first-order valence-electron chi connectivity index (χ1n) is 9.28. The highest BCUT2D eigenvalue weighted by Crippen LogP contribution is 2.26. The molecule has 2 heterocycles. The van der Waals surface area contributed by atoms with Gasteiger partial charge in [0, 0.05) is 31.3 Å². The fourth-order valence-corrected chi connectivity index (χ4v) is 3.31. The molecule has 0 radical (unpaired) electrons. The van der Waals surface area contributed by atoms with Crippen molar-refractivity contribution in [1.29, 1.82) is 0 Å². The minimum absolute atomic E-state index is 0.197. The van der Waals surface area contributed by atoms with E-state index in [1.165, 1.54) is 5.56 Å². The third-order valence-corrected chi connectivity index (χ3v) is 4.79. The van der Waals surface area contributed by atoms with Crippen LogP contribution in [-0.4, -0.2) is 34.0 Å². The number of piperidine rings is 1. The summed E-state index contributed by atoms with van der Waals surface area (Å²) in [6, 6.07) is 10.3. The molecule has 0 spiro atoms. The third kappa shape index (κ3) is 4.68. The minimum Gasteiger partial charge on any atom is -0.342 e. The predicted molar refractivity (Wildman–Crippen MR) is 96.3 cm³/mol. The van der Waals surface area contributed by atoms with E-state index in [-0.39, 0.29) is 17.7 Å². The minimum atomic E-state index is 0.197. The summed E-state index contributed by atoms with van der Waals surface area (Å²) in [5, 5.41) is 4.13. The zero-order valence-electron chi connectivity index (χ0n) is 15.1. The first-order chi connectivity index (χ1) is 12.1. The molecule has 3 rings (SSSR count). The van der Waals surface area contributed by atoms with Crippen molar-refractivity contribution in [1.82, 2.24) is 15.0 Å². The Hall–Kier alpha value is -2.17. The van der Waals surface area contributed by atoms with Crippen molar-refractivity contribution in [3.05, 3.63) is 47.6 Å². The second-order valence-corrected chi connectivity index (χ2v) is 7.16. The lowest BCUT2D eigenvalue weighted by molar-refractivity contribution is -0.132. The quantitative estimate of drug-likeness (QED) is 0.799. The predicted octanol–water partition coefficient (Wildman–Crippen LogP) is 3.92. The average molecular weight is 341 g/mol. The molecule has 1 saturated heterocycles. The number of hydrogen-bond acceptors (Lipinski definition) is 4. The molecule has 1 aromatic heterocycles. The maximum atomic E-state index is 12.5. The van der Waals surface area contributed by atoms with E-state index in [0.717, 1.165) is 38.1 Å². The van der Waals surface area contributed by atoms with Crippen LogP contribution >= 0.6 is 0 Å². The molecule has 134 valence electrons. The molecule has 1 aromatic carbocycles. The Kier molecular flexibility index (Phi) is 5.84. The van der Waals surface area contributed by atoms with E-state index in [1.54, 1.807) is 0 Å². The van der Waals surface area contributed by atoms with Gasteiger partial charge in [0.1, 0.15) is 0 Å². The highest BCUT2D eigenvalue weighted by Gasteiger charge is 2.28. The number of rotatable bonds is 6. The third-order valence-electron chi connectivity index (χ3n) is 4.79. The Bertz CT molecular complexity index is 681. The zero-order valence-corrected chi connectivity index (χ0v) is 15.1. The standard InChI is InChI=1S/C20H27N3O2/c1-15(2)20-21-19(22-25-20)17-11-7-13-23(14-17)18(24)12-6-10-16-8-4-3-5-9-16/h3-5,8-9,15,17H,6-7,10-14H2,1-2H3/t17-/m0/s1. The number of benzene rings is 1. The molecule has 5 nitrogen and oxygen atoms in total. The van der Waals surface area contributed by atoms with Gasteiger partial charge in [0.2, 0.25) is 11.8 Å². The second kappa shape index (κ2) is 8.28. The fraction of sp³-hybridized carbons (Fsp3) is 0.550. The number of aryl methyl sites for hydroxylation is 1. The van der Waals surface area contributed by atoms with Gasteiger partial charge in [-0.3, -0.25) is 4.79 Å². The number of carbonyl (C=O) groups excluding carboxylic acids is 1. The smallest absolute Gasteiger partial charge is 0.229 e. The van der Waals surface area contributed by atoms with Crippen LogP contribution in [0.25, 0.3) is 0 Å². The van der Waals surface area contributed by atoms with Crippen molar-refractivity contribution in [2.75, 3.05) is 13.1 Å². The van der Waals surface area contributed by atoms with Crippen LogP contribution in [0.4, 0.5) is 0 Å². The molecule has 25 heavy (non-hydrogen) atoms. The van der Waals surface area contributed by atoms with Gasteiger partial charge in [-0.15, -0.1) is 0 Å². The monoisotopic (exact) mass is 341 g/mol. The molecule has 0 saturated carbocycles. The molecule has 5 heteroatoms. The van der Waals surface area contributed by atoms with Gasteiger partial charge in [-0.05, 0) is 31.2 Å². The summed E-state index contributed by atoms with van der Waals surface area (Å²) < 4.78 is 5.32. The van der Waals surface area contributed by atoms with E-state index in [9.17, 15) is 4.79 Å². The van der Waals surface area contributed by atoms with Crippen molar-refractivity contribution in [2.24, 2.45) is 0 Å². The van der Waals surface area contributed by atoms with Crippen molar-refractivity contribution in [3.63, 3.8) is 0 Å². The van der Waals surface area contributed by atoms with Crippen LogP contribution in [0.3, 0.4) is 0 Å². The second-order valence-electron chi connectivity index (χ2n) is 7.16. The van der Waals surface area contributed by atoms with E-state index in [4.69, 9.17) is 4.52 Å². The maximum absolute atomic E-state index is 12.5. The van der Waals surface area contributed by atoms with Gasteiger partial charge >= 0.3 is 0 Å². The summed E-state index contributed by atoms with van der Waals surface area (Å²) in [7, 11) is 0. The van der Waals surface area contributed by atoms with Crippen molar-refractivity contribution in [2.45, 2.75) is 57.8 Å². The van der Waals surface area contributed by atoms with Gasteiger partial charge in [-0.25, -0.2) is 0 Å². The van der Waals surface area contributed by atoms with Gasteiger partial charge in [-0.2, -0.15) is 4.98 Å². The van der Waals surface area contributed by atoms with Crippen molar-refractivity contribution in [3.8, 4) is 0 Å². The highest BCUT2D eigenvalue weighted by atomic mass is 16.5. The Morgan fingerprint density at radius 3 is 2.84 bits per heavy atom. The van der Waals surface area contributed by atoms with Crippen LogP contribution in [0.15, 0.2) is 34.9 Å². The fourth-order valence-electron chi connectivity index (χ4n) is 3.31. The SMILES string of the molecule is CC(C)c1nc([C@H]2CCCN(C(=O)CCCc3ccccc3)C2)no1. The molecule has 1 aliphatic rings. The number of aromatic nitrogens is 2. The van der Waals surface area contributed by atoms with Gasteiger partial charge in [0.15, 0.2) is 5.82 Å². The lowest BCUT2D eigenvalue weighted by atomic mass is 9.96. The molecule has 0 bridgehead atoms. The van der Waals surface area contributed by atoms with Crippen LogP contribution in [0.5, 0.6) is 0 Å². The molecule has 1 atom stereocenters. The number of amides is 1. The van der Waals surface area contributed by atoms with Gasteiger partial charge < -0.3 is 9.42 Å². The largest absolute Gasteiger partial charge is 0.342 e. The number of hydrogen-bond donors (Lipinski definition) is 0. The first-order valence-corrected chi connectivity index (χ1v) is 9.28. The molecule has 2 aromatic rings. The average Bonchev–Trinajstić information content (AvgIpc) is 3.13. The van der Waals surface area contributed by atoms with Crippen LogP contribution in [0, 0.1) is 0 Å². The summed E-state index contributed by atoms with van der Waals surface area (Å²) >= 11 is 0. The van der Waals surface area contributed by atoms with E-state index < -0.39 is 0 Å². The summed E-state index contributed by atoms with van der Waals surface area (Å²) in [4.78, 5) is 19.0. The molecule has 0 unspecified atom stereocenters. The molecular formula is C20H27N3O2. The molecule has 1 aliphatic heterocycles. The number of nitrogens with zero attached hydrogens (tertiary/aromatic N) is 3. The van der Waals surface area contributed by atoms with E-state index in [2.05, 4.69) is 22.3 Å². The van der Waals surface area contributed by atoms with Gasteiger partial charge in [-0.1, -0.05) is 49.3 Å². The van der Waals surface area contributed by atoms with Gasteiger partial charge in [0.25, 0.3) is 0 Å². The Morgan fingerprint density at radius 1 is 1.32 bits per heavy atom. The van der Waals surface area contributed by atoms with Crippen LogP contribution in [-0.2, 0) is 11.2 Å². The van der Waals surface area contributed by atoms with Crippen LogP contribution < -0.4 is 0 Å². The van der Waals surface area contributed by atoms with E-state index >= 15 is 0 Å². The summed E-state index contributed by atoms with van der Waals surface area (Å²) in [6.07, 6.45) is 4.47. The normalized spacial score (nSPS) is 17.9. The molecular weight excluding hydrogens is 314 g/mol. The van der Waals surface area contributed by atoms with Crippen molar-refractivity contribution >= 4 is 5.91 Å².